The summed E-state index contributed by atoms with van der Waals surface area (Å²) in [6.45, 7) is 3.66. The van der Waals surface area contributed by atoms with Crippen LogP contribution in [-0.4, -0.2) is 57.8 Å². The van der Waals surface area contributed by atoms with Crippen molar-refractivity contribution in [1.82, 2.24) is 15.0 Å². The molecule has 11 heteroatoms. The lowest BCUT2D eigenvalue weighted by atomic mass is 10.0. The number of benzene rings is 2. The van der Waals surface area contributed by atoms with E-state index >= 15 is 0 Å². The van der Waals surface area contributed by atoms with Gasteiger partial charge in [-0.1, -0.05) is 35.5 Å². The van der Waals surface area contributed by atoms with Gasteiger partial charge in [-0.25, -0.2) is 4.68 Å². The van der Waals surface area contributed by atoms with Crippen LogP contribution < -0.4 is 4.74 Å². The van der Waals surface area contributed by atoms with Gasteiger partial charge in [0, 0.05) is 20.8 Å². The van der Waals surface area contributed by atoms with Gasteiger partial charge in [0.2, 0.25) is 0 Å². The number of fused-ring (bicyclic) bond motifs is 1. The Kier molecular flexibility index (Phi) is 7.25. The molecule has 1 aliphatic heterocycles. The molecule has 1 saturated heterocycles. The van der Waals surface area contributed by atoms with E-state index < -0.39 is 42.4 Å². The van der Waals surface area contributed by atoms with Crippen molar-refractivity contribution in [2.45, 2.75) is 51.9 Å². The van der Waals surface area contributed by atoms with Crippen molar-refractivity contribution in [2.75, 3.05) is 6.61 Å². The normalized spacial score (nSPS) is 21.8. The largest absolute Gasteiger partial charge is 0.487 e. The van der Waals surface area contributed by atoms with Gasteiger partial charge in [-0.2, -0.15) is 0 Å². The molecule has 0 N–H and O–H groups in total. The molecule has 1 aliphatic rings. The Morgan fingerprint density at radius 1 is 0.943 bits per heavy atom. The quantitative estimate of drug-likeness (QED) is 0.365. The van der Waals surface area contributed by atoms with Crippen molar-refractivity contribution in [3.05, 3.63) is 54.4 Å². The Morgan fingerprint density at radius 3 is 2.34 bits per heavy atom. The smallest absolute Gasteiger partial charge is 0.303 e. The van der Waals surface area contributed by atoms with Gasteiger partial charge in [0.25, 0.3) is 0 Å². The molecule has 1 fully saturated rings. The van der Waals surface area contributed by atoms with Crippen molar-refractivity contribution in [3.8, 4) is 5.75 Å². The van der Waals surface area contributed by atoms with E-state index in [1.807, 2.05) is 42.5 Å². The monoisotopic (exact) mass is 483 g/mol. The van der Waals surface area contributed by atoms with Crippen molar-refractivity contribution >= 4 is 28.7 Å². The fourth-order valence-corrected chi connectivity index (χ4v) is 3.87. The molecule has 35 heavy (non-hydrogen) atoms. The highest BCUT2D eigenvalue weighted by Crippen LogP contribution is 2.30. The average molecular weight is 483 g/mol. The molecule has 11 nitrogen and oxygen atoms in total. The van der Waals surface area contributed by atoms with Crippen LogP contribution in [0.4, 0.5) is 0 Å². The highest BCUT2D eigenvalue weighted by Gasteiger charge is 2.48. The Balaban J connectivity index is 1.51. The van der Waals surface area contributed by atoms with Crippen LogP contribution >= 0.6 is 0 Å². The summed E-state index contributed by atoms with van der Waals surface area (Å²) in [6, 6.07) is 13.7. The second-order valence-electron chi connectivity index (χ2n) is 8.01. The van der Waals surface area contributed by atoms with Gasteiger partial charge in [0.1, 0.15) is 18.1 Å². The van der Waals surface area contributed by atoms with E-state index in [4.69, 9.17) is 23.7 Å². The summed E-state index contributed by atoms with van der Waals surface area (Å²) in [5, 5.41) is 10.3. The zero-order valence-electron chi connectivity index (χ0n) is 19.5. The molecule has 3 aromatic rings. The number of aromatic nitrogens is 3. The molecule has 4 rings (SSSR count). The second-order valence-corrected chi connectivity index (χ2v) is 8.01. The lowest BCUT2D eigenvalue weighted by molar-refractivity contribution is -0.241. The Hall–Kier alpha value is -3.99. The topological polar surface area (TPSA) is 128 Å². The summed E-state index contributed by atoms with van der Waals surface area (Å²) in [5.41, 5.74) is 0.495. The average Bonchev–Trinajstić information content (AvgIpc) is 3.27. The van der Waals surface area contributed by atoms with E-state index in [0.717, 1.165) is 10.8 Å². The number of esters is 3. The van der Waals surface area contributed by atoms with Gasteiger partial charge in [-0.3, -0.25) is 14.4 Å². The van der Waals surface area contributed by atoms with Crippen molar-refractivity contribution in [2.24, 2.45) is 0 Å². The standard InChI is InChI=1S/C24H25N3O8/c1-14(28)33-21-13-32-24(23(35-16(3)30)22(21)34-15(2)29)27-11-19(25-26-27)12-31-20-9-8-17-6-4-5-7-18(17)10-20/h4-11,21-24H,12-13H2,1-3H3. The summed E-state index contributed by atoms with van der Waals surface area (Å²) in [5.74, 6) is -1.19. The van der Waals surface area contributed by atoms with Gasteiger partial charge in [0.15, 0.2) is 24.5 Å². The van der Waals surface area contributed by atoms with Crippen molar-refractivity contribution in [1.29, 1.82) is 0 Å². The molecule has 184 valence electrons. The molecular formula is C24H25N3O8. The first-order chi connectivity index (χ1) is 16.8. The zero-order valence-corrected chi connectivity index (χ0v) is 19.5. The molecule has 0 radical (unpaired) electrons. The van der Waals surface area contributed by atoms with Crippen LogP contribution in [0.5, 0.6) is 5.75 Å². The van der Waals surface area contributed by atoms with Crippen LogP contribution in [0.15, 0.2) is 48.7 Å². The molecular weight excluding hydrogens is 458 g/mol. The maximum atomic E-state index is 11.8. The number of carbonyl (C=O) groups is 3. The number of ether oxygens (including phenoxy) is 5. The van der Waals surface area contributed by atoms with Gasteiger partial charge in [0.05, 0.1) is 12.8 Å². The molecule has 0 saturated carbocycles. The molecule has 1 aromatic heterocycles. The van der Waals surface area contributed by atoms with Crippen LogP contribution in [-0.2, 0) is 39.9 Å². The van der Waals surface area contributed by atoms with E-state index in [9.17, 15) is 14.4 Å². The number of carbonyl (C=O) groups excluding carboxylic acids is 3. The Morgan fingerprint density at radius 2 is 1.63 bits per heavy atom. The molecule has 2 aromatic carbocycles. The van der Waals surface area contributed by atoms with Crippen LogP contribution in [0, 0.1) is 0 Å². The molecule has 0 spiro atoms. The van der Waals surface area contributed by atoms with Crippen LogP contribution in [0.25, 0.3) is 10.8 Å². The summed E-state index contributed by atoms with van der Waals surface area (Å²) >= 11 is 0. The summed E-state index contributed by atoms with van der Waals surface area (Å²) in [4.78, 5) is 35.1. The van der Waals surface area contributed by atoms with Crippen LogP contribution in [0.3, 0.4) is 0 Å². The van der Waals surface area contributed by atoms with Gasteiger partial charge in [-0.05, 0) is 22.9 Å². The minimum atomic E-state index is -1.13. The summed E-state index contributed by atoms with van der Waals surface area (Å²) in [7, 11) is 0. The number of rotatable bonds is 7. The summed E-state index contributed by atoms with van der Waals surface area (Å²) < 4.78 is 29.0. The SMILES string of the molecule is CC(=O)OC1COC(n2cc(COc3ccc4ccccc4c3)nn2)C(OC(C)=O)C1OC(C)=O. The zero-order chi connectivity index (χ0) is 24.9. The van der Waals surface area contributed by atoms with E-state index in [0.29, 0.717) is 11.4 Å². The fourth-order valence-electron chi connectivity index (χ4n) is 3.87. The number of hydrogen-bond donors (Lipinski definition) is 0. The van der Waals surface area contributed by atoms with Crippen molar-refractivity contribution in [3.63, 3.8) is 0 Å². The lowest BCUT2D eigenvalue weighted by Gasteiger charge is -2.40. The maximum absolute atomic E-state index is 11.8. The minimum Gasteiger partial charge on any atom is -0.487 e. The third kappa shape index (κ3) is 5.93. The molecule has 4 unspecified atom stereocenters. The lowest BCUT2D eigenvalue weighted by Crippen LogP contribution is -2.55. The predicted molar refractivity (Wildman–Crippen MR) is 120 cm³/mol. The van der Waals surface area contributed by atoms with Crippen LogP contribution in [0.2, 0.25) is 0 Å². The van der Waals surface area contributed by atoms with Crippen LogP contribution in [0.1, 0.15) is 32.7 Å². The van der Waals surface area contributed by atoms with Gasteiger partial charge >= 0.3 is 17.9 Å². The predicted octanol–water partition coefficient (Wildman–Crippen LogP) is 2.33. The highest BCUT2D eigenvalue weighted by atomic mass is 16.6. The third-order valence-corrected chi connectivity index (χ3v) is 5.25. The molecule has 0 aliphatic carbocycles. The maximum Gasteiger partial charge on any atom is 0.303 e. The Bertz CT molecular complexity index is 1230. The first-order valence-corrected chi connectivity index (χ1v) is 11.0. The highest BCUT2D eigenvalue weighted by molar-refractivity contribution is 5.83. The third-order valence-electron chi connectivity index (χ3n) is 5.25. The Labute approximate surface area is 200 Å². The molecule has 2 heterocycles. The van der Waals surface area contributed by atoms with Gasteiger partial charge in [-0.15, -0.1) is 5.10 Å². The van der Waals surface area contributed by atoms with E-state index in [2.05, 4.69) is 10.3 Å². The minimum absolute atomic E-state index is 0.108. The fraction of sp³-hybridized carbons (Fsp3) is 0.375. The molecule has 4 atom stereocenters. The van der Waals surface area contributed by atoms with E-state index in [1.54, 1.807) is 6.20 Å². The molecule has 0 bridgehead atoms. The molecule has 0 amide bonds. The van der Waals surface area contributed by atoms with E-state index in [-0.39, 0.29) is 13.2 Å². The van der Waals surface area contributed by atoms with Crippen molar-refractivity contribution < 1.29 is 38.1 Å². The number of hydrogen-bond acceptors (Lipinski definition) is 10. The second kappa shape index (κ2) is 10.5. The van der Waals surface area contributed by atoms with E-state index in [1.165, 1.54) is 25.5 Å². The first kappa shape index (κ1) is 24.1. The summed E-state index contributed by atoms with van der Waals surface area (Å²) in [6.07, 6.45) is -2.58. The first-order valence-electron chi connectivity index (χ1n) is 11.0. The number of nitrogens with zero attached hydrogens (tertiary/aromatic N) is 3. The van der Waals surface area contributed by atoms with Gasteiger partial charge < -0.3 is 23.7 Å².